The summed E-state index contributed by atoms with van der Waals surface area (Å²) in [5, 5.41) is 5.84. The summed E-state index contributed by atoms with van der Waals surface area (Å²) in [4.78, 5) is 8.50. The van der Waals surface area contributed by atoms with Crippen molar-refractivity contribution in [2.45, 2.75) is 6.61 Å². The number of methoxy groups -OCH3 is 2. The maximum atomic E-state index is 13.8. The second kappa shape index (κ2) is 6.85. The van der Waals surface area contributed by atoms with Crippen molar-refractivity contribution in [3.63, 3.8) is 0 Å². The molecule has 7 heteroatoms. The number of hydrogen-bond acceptors (Lipinski definition) is 6. The lowest BCUT2D eigenvalue weighted by atomic mass is 10.3. The first-order chi connectivity index (χ1) is 10.2. The summed E-state index contributed by atoms with van der Waals surface area (Å²) in [6, 6.07) is 6.12. The monoisotopic (exact) mass is 292 g/mol. The van der Waals surface area contributed by atoms with Crippen molar-refractivity contribution in [1.29, 1.82) is 0 Å². The summed E-state index contributed by atoms with van der Waals surface area (Å²) in [5.74, 6) is 1.74. The van der Waals surface area contributed by atoms with E-state index in [1.807, 2.05) is 0 Å². The molecule has 2 rings (SSSR count). The number of hydrogen-bond donors (Lipinski definition) is 2. The van der Waals surface area contributed by atoms with E-state index in [0.717, 1.165) is 0 Å². The van der Waals surface area contributed by atoms with Gasteiger partial charge in [-0.25, -0.2) is 14.4 Å². The van der Waals surface area contributed by atoms with Crippen molar-refractivity contribution in [2.24, 2.45) is 0 Å². The highest BCUT2D eigenvalue weighted by atomic mass is 19.1. The lowest BCUT2D eigenvalue weighted by Gasteiger charge is -2.11. The van der Waals surface area contributed by atoms with E-state index in [-0.39, 0.29) is 12.3 Å². The third-order valence-corrected chi connectivity index (χ3v) is 2.74. The Hall–Kier alpha value is -2.41. The number of anilines is 3. The second-order valence-electron chi connectivity index (χ2n) is 4.21. The van der Waals surface area contributed by atoms with Crippen molar-refractivity contribution in [1.82, 2.24) is 9.97 Å². The zero-order valence-electron chi connectivity index (χ0n) is 12.1. The molecule has 1 aromatic carbocycles. The molecule has 21 heavy (non-hydrogen) atoms. The predicted octanol–water partition coefficient (Wildman–Crippen LogP) is 2.56. The van der Waals surface area contributed by atoms with Gasteiger partial charge < -0.3 is 20.1 Å². The van der Waals surface area contributed by atoms with Crippen LogP contribution in [-0.4, -0.2) is 31.2 Å². The number of nitrogens with zero attached hydrogens (tertiary/aromatic N) is 2. The molecule has 0 amide bonds. The lowest BCUT2D eigenvalue weighted by Crippen LogP contribution is -2.05. The van der Waals surface area contributed by atoms with Gasteiger partial charge in [-0.2, -0.15) is 0 Å². The highest BCUT2D eigenvalue weighted by Crippen LogP contribution is 2.24. The Kier molecular flexibility index (Phi) is 4.89. The molecule has 1 aromatic heterocycles. The van der Waals surface area contributed by atoms with Gasteiger partial charge in [-0.15, -0.1) is 0 Å². The molecule has 0 atom stereocenters. The Morgan fingerprint density at radius 1 is 1.14 bits per heavy atom. The van der Waals surface area contributed by atoms with Crippen LogP contribution in [-0.2, 0) is 11.3 Å². The van der Waals surface area contributed by atoms with Gasteiger partial charge in [0, 0.05) is 26.3 Å². The number of halogens is 1. The highest BCUT2D eigenvalue weighted by Gasteiger charge is 2.08. The molecule has 6 nitrogen and oxygen atoms in total. The Morgan fingerprint density at radius 2 is 1.90 bits per heavy atom. The van der Waals surface area contributed by atoms with Gasteiger partial charge >= 0.3 is 0 Å². The minimum Gasteiger partial charge on any atom is -0.497 e. The molecule has 0 saturated heterocycles. The van der Waals surface area contributed by atoms with Crippen molar-refractivity contribution in [3.05, 3.63) is 35.9 Å². The molecular weight excluding hydrogens is 275 g/mol. The molecule has 0 saturated carbocycles. The second-order valence-corrected chi connectivity index (χ2v) is 4.21. The highest BCUT2D eigenvalue weighted by molar-refractivity contribution is 5.61. The quantitative estimate of drug-likeness (QED) is 0.853. The number of aromatic nitrogens is 2. The molecule has 2 aromatic rings. The fraction of sp³-hybridized carbons (Fsp3) is 0.286. The fourth-order valence-corrected chi connectivity index (χ4v) is 1.75. The first kappa shape index (κ1) is 15.0. The van der Waals surface area contributed by atoms with Gasteiger partial charge in [0.25, 0.3) is 0 Å². The normalized spacial score (nSPS) is 10.3. The van der Waals surface area contributed by atoms with Crippen LogP contribution in [0.25, 0.3) is 0 Å². The first-order valence-electron chi connectivity index (χ1n) is 6.31. The van der Waals surface area contributed by atoms with Crippen LogP contribution in [0.2, 0.25) is 0 Å². The topological polar surface area (TPSA) is 68.3 Å². The van der Waals surface area contributed by atoms with Gasteiger partial charge in [-0.05, 0) is 12.1 Å². The van der Waals surface area contributed by atoms with E-state index in [2.05, 4.69) is 20.6 Å². The third-order valence-electron chi connectivity index (χ3n) is 2.74. The fourth-order valence-electron chi connectivity index (χ4n) is 1.75. The van der Waals surface area contributed by atoms with E-state index in [9.17, 15) is 4.39 Å². The van der Waals surface area contributed by atoms with Gasteiger partial charge in [0.1, 0.15) is 29.8 Å². The maximum absolute atomic E-state index is 13.8. The van der Waals surface area contributed by atoms with E-state index < -0.39 is 5.82 Å². The van der Waals surface area contributed by atoms with Crippen molar-refractivity contribution in [2.75, 3.05) is 31.9 Å². The van der Waals surface area contributed by atoms with Crippen molar-refractivity contribution in [3.8, 4) is 5.75 Å². The average Bonchev–Trinajstić information content (AvgIpc) is 2.49. The number of nitrogens with one attached hydrogen (secondary N) is 2. The van der Waals surface area contributed by atoms with Crippen LogP contribution < -0.4 is 15.4 Å². The smallest absolute Gasteiger partial charge is 0.158 e. The molecule has 1 heterocycles. The minimum absolute atomic E-state index is 0.269. The maximum Gasteiger partial charge on any atom is 0.158 e. The number of ether oxygens (including phenoxy) is 2. The van der Waals surface area contributed by atoms with E-state index in [1.165, 1.54) is 13.2 Å². The Bertz CT molecular complexity index is 622. The summed E-state index contributed by atoms with van der Waals surface area (Å²) >= 11 is 0. The molecule has 0 unspecified atom stereocenters. The van der Waals surface area contributed by atoms with Crippen LogP contribution in [0.4, 0.5) is 21.7 Å². The number of benzene rings is 1. The summed E-state index contributed by atoms with van der Waals surface area (Å²) in [5.41, 5.74) is 0.276. The Morgan fingerprint density at radius 3 is 2.57 bits per heavy atom. The van der Waals surface area contributed by atoms with Crippen LogP contribution in [0.5, 0.6) is 5.75 Å². The van der Waals surface area contributed by atoms with Crippen LogP contribution in [0, 0.1) is 5.82 Å². The van der Waals surface area contributed by atoms with E-state index in [0.29, 0.717) is 23.2 Å². The molecule has 0 aliphatic heterocycles. The minimum atomic E-state index is -0.395. The summed E-state index contributed by atoms with van der Waals surface area (Å²) in [6.45, 7) is 0.269. The number of rotatable bonds is 6. The zero-order valence-corrected chi connectivity index (χ0v) is 12.1. The first-order valence-corrected chi connectivity index (χ1v) is 6.31. The van der Waals surface area contributed by atoms with E-state index in [1.54, 1.807) is 32.4 Å². The Labute approximate surface area is 122 Å². The predicted molar refractivity (Wildman–Crippen MR) is 78.5 cm³/mol. The summed E-state index contributed by atoms with van der Waals surface area (Å²) in [6.07, 6.45) is 0. The molecule has 0 aliphatic carbocycles. The van der Waals surface area contributed by atoms with Crippen LogP contribution >= 0.6 is 0 Å². The third kappa shape index (κ3) is 3.79. The van der Waals surface area contributed by atoms with E-state index in [4.69, 9.17) is 9.47 Å². The summed E-state index contributed by atoms with van der Waals surface area (Å²) < 4.78 is 23.9. The largest absolute Gasteiger partial charge is 0.497 e. The van der Waals surface area contributed by atoms with Crippen LogP contribution in [0.15, 0.2) is 24.3 Å². The SMILES string of the molecule is CNc1cc(Nc2cc(OC)ccc2F)nc(COC)n1. The molecule has 0 bridgehead atoms. The van der Waals surface area contributed by atoms with Gasteiger partial charge in [-0.3, -0.25) is 0 Å². The van der Waals surface area contributed by atoms with Crippen LogP contribution in [0.3, 0.4) is 0 Å². The average molecular weight is 292 g/mol. The van der Waals surface area contributed by atoms with Crippen molar-refractivity contribution >= 4 is 17.3 Å². The standard InChI is InChI=1S/C14H17FN4O2/c1-16-12-7-13(19-14(18-12)8-20-2)17-11-6-9(21-3)4-5-10(11)15/h4-7H,8H2,1-3H3,(H2,16,17,18,19). The van der Waals surface area contributed by atoms with E-state index >= 15 is 0 Å². The Balaban J connectivity index is 2.32. The zero-order chi connectivity index (χ0) is 15.2. The van der Waals surface area contributed by atoms with Gasteiger partial charge in [-0.1, -0.05) is 0 Å². The van der Waals surface area contributed by atoms with Crippen molar-refractivity contribution < 1.29 is 13.9 Å². The molecule has 2 N–H and O–H groups in total. The molecule has 0 fully saturated rings. The molecular formula is C14H17FN4O2. The van der Waals surface area contributed by atoms with Gasteiger partial charge in [0.15, 0.2) is 5.82 Å². The molecule has 0 aliphatic rings. The summed E-state index contributed by atoms with van der Waals surface area (Å²) in [7, 11) is 4.83. The molecule has 112 valence electrons. The molecule has 0 radical (unpaired) electrons. The van der Waals surface area contributed by atoms with Gasteiger partial charge in [0.2, 0.25) is 0 Å². The molecule has 0 spiro atoms. The van der Waals surface area contributed by atoms with Crippen LogP contribution in [0.1, 0.15) is 5.82 Å². The lowest BCUT2D eigenvalue weighted by molar-refractivity contribution is 0.178. The van der Waals surface area contributed by atoms with Gasteiger partial charge in [0.05, 0.1) is 12.8 Å².